The van der Waals surface area contributed by atoms with E-state index in [1.807, 2.05) is 6.08 Å². The van der Waals surface area contributed by atoms with E-state index in [1.54, 1.807) is 0 Å². The Labute approximate surface area is 86.6 Å². The van der Waals surface area contributed by atoms with Gasteiger partial charge in [-0.1, -0.05) is 25.3 Å². The van der Waals surface area contributed by atoms with Crippen molar-refractivity contribution in [2.45, 2.75) is 51.4 Å². The van der Waals surface area contributed by atoms with Gasteiger partial charge in [0.25, 0.3) is 0 Å². The lowest BCUT2D eigenvalue weighted by atomic mass is 9.71. The van der Waals surface area contributed by atoms with Gasteiger partial charge in [-0.15, -0.1) is 6.58 Å². The highest BCUT2D eigenvalue weighted by molar-refractivity contribution is 5.86. The van der Waals surface area contributed by atoms with Gasteiger partial charge >= 0.3 is 0 Å². The number of Topliss-reactive ketones (excluding diaryl/α,β-unsaturated/α-hetero) is 1. The van der Waals surface area contributed by atoms with E-state index in [-0.39, 0.29) is 5.41 Å². The number of carbonyl (C=O) groups excluding carboxylic acids is 1. The fourth-order valence-electron chi connectivity index (χ4n) is 3.39. The maximum atomic E-state index is 12.2. The Morgan fingerprint density at radius 2 is 2.00 bits per heavy atom. The molecule has 78 valence electrons. The molecular weight excluding hydrogens is 172 g/mol. The zero-order valence-corrected chi connectivity index (χ0v) is 8.93. The number of carbonyl (C=O) groups is 1. The van der Waals surface area contributed by atoms with Crippen LogP contribution in [0.2, 0.25) is 0 Å². The second-order valence-electron chi connectivity index (χ2n) is 4.87. The maximum absolute atomic E-state index is 12.2. The lowest BCUT2D eigenvalue weighted by Crippen LogP contribution is -2.32. The third-order valence-electron chi connectivity index (χ3n) is 4.21. The van der Waals surface area contributed by atoms with Gasteiger partial charge in [0.05, 0.1) is 0 Å². The van der Waals surface area contributed by atoms with Crippen molar-refractivity contribution in [3.8, 4) is 0 Å². The second kappa shape index (κ2) is 3.88. The third kappa shape index (κ3) is 1.43. The van der Waals surface area contributed by atoms with E-state index >= 15 is 0 Å². The van der Waals surface area contributed by atoms with Crippen LogP contribution < -0.4 is 0 Å². The first-order valence-corrected chi connectivity index (χ1v) is 5.95. The van der Waals surface area contributed by atoms with Gasteiger partial charge in [0, 0.05) is 11.8 Å². The molecule has 0 aromatic heterocycles. The van der Waals surface area contributed by atoms with Crippen LogP contribution in [0.5, 0.6) is 0 Å². The topological polar surface area (TPSA) is 17.1 Å². The number of hydrogen-bond donors (Lipinski definition) is 0. The van der Waals surface area contributed by atoms with Gasteiger partial charge in [-0.05, 0) is 31.6 Å². The average molecular weight is 192 g/mol. The fourth-order valence-corrected chi connectivity index (χ4v) is 3.39. The van der Waals surface area contributed by atoms with E-state index < -0.39 is 0 Å². The van der Waals surface area contributed by atoms with Crippen molar-refractivity contribution in [2.24, 2.45) is 11.3 Å². The van der Waals surface area contributed by atoms with Crippen LogP contribution >= 0.6 is 0 Å². The normalized spacial score (nSPS) is 38.6. The number of allylic oxidation sites excluding steroid dienone is 1. The summed E-state index contributed by atoms with van der Waals surface area (Å²) in [6.45, 7) is 3.91. The van der Waals surface area contributed by atoms with Crippen molar-refractivity contribution in [2.75, 3.05) is 0 Å². The van der Waals surface area contributed by atoms with Crippen LogP contribution in [0.15, 0.2) is 12.7 Å². The lowest BCUT2D eigenvalue weighted by Gasteiger charge is -2.31. The average Bonchev–Trinajstić information content (AvgIpc) is 2.51. The molecule has 14 heavy (non-hydrogen) atoms. The molecule has 0 amide bonds. The van der Waals surface area contributed by atoms with Crippen molar-refractivity contribution < 1.29 is 4.79 Å². The molecule has 0 saturated heterocycles. The summed E-state index contributed by atoms with van der Waals surface area (Å²) >= 11 is 0. The molecule has 2 fully saturated rings. The molecule has 1 nitrogen and oxygen atoms in total. The number of ketones is 1. The Balaban J connectivity index is 2.25. The predicted molar refractivity (Wildman–Crippen MR) is 58.1 cm³/mol. The van der Waals surface area contributed by atoms with Crippen LogP contribution in [0.4, 0.5) is 0 Å². The SMILES string of the molecule is C=C[C@@H]1CCC[C@@]12CCCCCC2=O. The van der Waals surface area contributed by atoms with Gasteiger partial charge in [0.15, 0.2) is 0 Å². The van der Waals surface area contributed by atoms with Crippen LogP contribution in [0.3, 0.4) is 0 Å². The molecule has 0 bridgehead atoms. The molecule has 2 rings (SSSR count). The van der Waals surface area contributed by atoms with Crippen molar-refractivity contribution in [3.63, 3.8) is 0 Å². The van der Waals surface area contributed by atoms with E-state index in [0.29, 0.717) is 11.7 Å². The molecule has 0 aromatic rings. The highest BCUT2D eigenvalue weighted by Gasteiger charge is 2.46. The van der Waals surface area contributed by atoms with Gasteiger partial charge in [-0.3, -0.25) is 4.79 Å². The summed E-state index contributed by atoms with van der Waals surface area (Å²) in [5.41, 5.74) is 0.0260. The molecule has 0 aliphatic heterocycles. The highest BCUT2D eigenvalue weighted by atomic mass is 16.1. The Bertz CT molecular complexity index is 244. The van der Waals surface area contributed by atoms with Crippen molar-refractivity contribution in [1.82, 2.24) is 0 Å². The second-order valence-corrected chi connectivity index (χ2v) is 4.87. The molecule has 2 aliphatic carbocycles. The molecule has 0 unspecified atom stereocenters. The molecule has 2 saturated carbocycles. The van der Waals surface area contributed by atoms with Crippen LogP contribution in [-0.2, 0) is 4.79 Å². The predicted octanol–water partition coefficient (Wildman–Crippen LogP) is 3.49. The van der Waals surface area contributed by atoms with Crippen LogP contribution in [-0.4, -0.2) is 5.78 Å². The highest BCUT2D eigenvalue weighted by Crippen LogP contribution is 2.50. The minimum Gasteiger partial charge on any atom is -0.299 e. The Kier molecular flexibility index (Phi) is 2.76. The van der Waals surface area contributed by atoms with Crippen LogP contribution in [0.25, 0.3) is 0 Å². The summed E-state index contributed by atoms with van der Waals surface area (Å²) < 4.78 is 0. The van der Waals surface area contributed by atoms with E-state index in [2.05, 4.69) is 6.58 Å². The first-order chi connectivity index (χ1) is 6.79. The summed E-state index contributed by atoms with van der Waals surface area (Å²) in [7, 11) is 0. The molecule has 1 heteroatoms. The summed E-state index contributed by atoms with van der Waals surface area (Å²) in [5.74, 6) is 1.02. The summed E-state index contributed by atoms with van der Waals surface area (Å²) in [6, 6.07) is 0. The van der Waals surface area contributed by atoms with Crippen molar-refractivity contribution >= 4 is 5.78 Å². The largest absolute Gasteiger partial charge is 0.299 e. The Morgan fingerprint density at radius 3 is 2.79 bits per heavy atom. The number of hydrogen-bond acceptors (Lipinski definition) is 1. The monoisotopic (exact) mass is 192 g/mol. The van der Waals surface area contributed by atoms with Crippen molar-refractivity contribution in [1.29, 1.82) is 0 Å². The Morgan fingerprint density at radius 1 is 1.21 bits per heavy atom. The van der Waals surface area contributed by atoms with E-state index in [9.17, 15) is 4.79 Å². The molecule has 2 atom stereocenters. The molecule has 0 N–H and O–H groups in total. The van der Waals surface area contributed by atoms with Crippen LogP contribution in [0, 0.1) is 11.3 Å². The third-order valence-corrected chi connectivity index (χ3v) is 4.21. The van der Waals surface area contributed by atoms with Crippen LogP contribution in [0.1, 0.15) is 51.4 Å². The minimum atomic E-state index is 0.0260. The standard InChI is InChI=1S/C13H20O/c1-2-11-7-6-10-13(11)9-5-3-4-8-12(13)14/h2,11H,1,3-10H2/t11-,13+/m1/s1. The Hall–Kier alpha value is -0.590. The summed E-state index contributed by atoms with van der Waals surface area (Å²) in [6.07, 6.45) is 11.1. The molecule has 0 heterocycles. The molecule has 1 spiro atoms. The quantitative estimate of drug-likeness (QED) is 0.581. The summed E-state index contributed by atoms with van der Waals surface area (Å²) in [5, 5.41) is 0. The molecule has 2 aliphatic rings. The fraction of sp³-hybridized carbons (Fsp3) is 0.769. The zero-order chi connectivity index (χ0) is 10.0. The number of rotatable bonds is 1. The zero-order valence-electron chi connectivity index (χ0n) is 8.93. The van der Waals surface area contributed by atoms with Gasteiger partial charge in [0.1, 0.15) is 5.78 Å². The maximum Gasteiger partial charge on any atom is 0.139 e. The van der Waals surface area contributed by atoms with Gasteiger partial charge in [-0.2, -0.15) is 0 Å². The molecular formula is C13H20O. The van der Waals surface area contributed by atoms with Crippen molar-refractivity contribution in [3.05, 3.63) is 12.7 Å². The first kappa shape index (κ1) is 9.95. The molecule has 0 radical (unpaired) electrons. The van der Waals surface area contributed by atoms with Gasteiger partial charge < -0.3 is 0 Å². The smallest absolute Gasteiger partial charge is 0.139 e. The van der Waals surface area contributed by atoms with E-state index in [1.165, 1.54) is 25.7 Å². The minimum absolute atomic E-state index is 0.0260. The lowest BCUT2D eigenvalue weighted by molar-refractivity contribution is -0.129. The van der Waals surface area contributed by atoms with E-state index in [4.69, 9.17) is 0 Å². The van der Waals surface area contributed by atoms with E-state index in [0.717, 1.165) is 25.7 Å². The molecule has 0 aromatic carbocycles. The first-order valence-electron chi connectivity index (χ1n) is 5.95. The van der Waals surface area contributed by atoms with Gasteiger partial charge in [-0.25, -0.2) is 0 Å². The van der Waals surface area contributed by atoms with Gasteiger partial charge in [0.2, 0.25) is 0 Å². The summed E-state index contributed by atoms with van der Waals surface area (Å²) in [4.78, 5) is 12.2.